The Bertz CT molecular complexity index is 2920. The van der Waals surface area contributed by atoms with Crippen LogP contribution in [-0.2, 0) is 71.1 Å². The van der Waals surface area contributed by atoms with E-state index in [9.17, 15) is 76.6 Å². The number of aliphatic hydroxyl groups is 16. The van der Waals surface area contributed by atoms with Crippen molar-refractivity contribution in [2.45, 2.75) is 330 Å². The molecule has 4 saturated carbocycles. The lowest BCUT2D eigenvalue weighted by Gasteiger charge is -2.71. The van der Waals surface area contributed by atoms with Crippen LogP contribution in [0.3, 0.4) is 0 Å². The first-order valence-electron chi connectivity index (χ1n) is 37.4. The lowest BCUT2D eigenvalue weighted by Crippen LogP contribution is -2.68. The molecule has 0 radical (unpaired) electrons. The second kappa shape index (κ2) is 32.7. The van der Waals surface area contributed by atoms with Crippen molar-refractivity contribution in [1.82, 2.24) is 4.90 Å². The highest BCUT2D eigenvalue weighted by Crippen LogP contribution is 2.76. The molecule has 0 aromatic carbocycles. The average molecular weight is 1530 g/mol. The molecule has 608 valence electrons. The molecule has 0 aromatic rings. The molecule has 11 fully saturated rings. The van der Waals surface area contributed by atoms with E-state index in [1.165, 1.54) is 6.92 Å². The second-order valence-corrected chi connectivity index (χ2v) is 34.6. The highest BCUT2D eigenvalue weighted by molar-refractivity contribution is 5.85. The van der Waals surface area contributed by atoms with E-state index in [4.69, 9.17) is 71.4 Å². The van der Waals surface area contributed by atoms with Gasteiger partial charge < -0.3 is 153 Å². The number of carbonyl (C=O) groups excluding carboxylic acids is 1. The number of allylic oxidation sites excluding steroid dienone is 2. The van der Waals surface area contributed by atoms with Crippen LogP contribution in [0.1, 0.15) is 140 Å². The molecule has 5 aliphatic carbocycles. The smallest absolute Gasteiger partial charge is 0.317 e. The molecule has 12 rings (SSSR count). The molecule has 0 bridgehead atoms. The first kappa shape index (κ1) is 85.7. The molecule has 37 atom stereocenters. The number of carbonyl (C=O) groups is 1. The molecule has 33 heteroatoms. The molecule has 7 aliphatic heterocycles. The summed E-state index contributed by atoms with van der Waals surface area (Å²) < 4.78 is 82.6. The van der Waals surface area contributed by atoms with Crippen molar-refractivity contribution in [3.05, 3.63) is 11.6 Å². The maximum atomic E-state index is 15.4. The SMILES string of the molecule is CC1OC(OC2CCC3(C)C(CCC4(C)C3CC=C3C5CC(C)(C)CCC5(C(=O)OC5OCC(O)C(O)C5OC5OC(C)C(OC6OC(CO)C(O)C(O)C6O)C(O)C5O)C(O)CC34C)C2(C)C)C(O)C(O)C1OC1OCC(O)C(O)C1O.CN(C)CCCOC1C(C(O)CO)OC2OC(C)(C)OC21.Cl. The summed E-state index contributed by atoms with van der Waals surface area (Å²) in [7, 11) is 4.01. The molecule has 12 aliphatic rings. The van der Waals surface area contributed by atoms with Gasteiger partial charge in [0.2, 0.25) is 6.29 Å². The molecule has 32 nitrogen and oxygen atoms in total. The fourth-order valence-corrected chi connectivity index (χ4v) is 20.2. The van der Waals surface area contributed by atoms with Crippen LogP contribution < -0.4 is 0 Å². The van der Waals surface area contributed by atoms with Crippen LogP contribution in [0, 0.1) is 50.2 Å². The summed E-state index contributed by atoms with van der Waals surface area (Å²) in [6.45, 7) is 21.9. The highest BCUT2D eigenvalue weighted by Gasteiger charge is 2.73. The van der Waals surface area contributed by atoms with E-state index < -0.39 is 225 Å². The zero-order valence-electron chi connectivity index (χ0n) is 62.6. The maximum Gasteiger partial charge on any atom is 0.317 e. The summed E-state index contributed by atoms with van der Waals surface area (Å²) in [4.78, 5) is 17.5. The van der Waals surface area contributed by atoms with Crippen LogP contribution in [0.4, 0.5) is 0 Å². The molecule has 105 heavy (non-hydrogen) atoms. The van der Waals surface area contributed by atoms with E-state index in [1.807, 2.05) is 27.9 Å². The Kier molecular flexibility index (Phi) is 26.7. The monoisotopic (exact) mass is 1530 g/mol. The number of esters is 1. The fraction of sp³-hybridized carbons (Fsp3) is 0.958. The van der Waals surface area contributed by atoms with Gasteiger partial charge in [-0.05, 0) is 157 Å². The zero-order valence-corrected chi connectivity index (χ0v) is 63.4. The first-order valence-corrected chi connectivity index (χ1v) is 37.4. The molecule has 7 saturated heterocycles. The first-order chi connectivity index (χ1) is 48.6. The minimum absolute atomic E-state index is 0. The molecule has 0 amide bonds. The van der Waals surface area contributed by atoms with Crippen molar-refractivity contribution in [2.75, 3.05) is 53.7 Å². The van der Waals surface area contributed by atoms with Crippen molar-refractivity contribution in [3.63, 3.8) is 0 Å². The largest absolute Gasteiger partial charge is 0.432 e. The molecule has 16 N–H and O–H groups in total. The van der Waals surface area contributed by atoms with Crippen molar-refractivity contribution < 1.29 is 153 Å². The number of aliphatic hydroxyl groups excluding tert-OH is 16. The predicted octanol–water partition coefficient (Wildman–Crippen LogP) is -1.93. The summed E-state index contributed by atoms with van der Waals surface area (Å²) in [6, 6.07) is 0. The minimum atomic E-state index is -1.93. The van der Waals surface area contributed by atoms with Gasteiger partial charge in [-0.2, -0.15) is 0 Å². The lowest BCUT2D eigenvalue weighted by molar-refractivity contribution is -0.374. The summed E-state index contributed by atoms with van der Waals surface area (Å²) in [5.74, 6) is -1.73. The summed E-state index contributed by atoms with van der Waals surface area (Å²) in [5, 5.41) is 171. The van der Waals surface area contributed by atoms with Crippen LogP contribution >= 0.6 is 12.4 Å². The van der Waals surface area contributed by atoms with Gasteiger partial charge in [0, 0.05) is 6.61 Å². The Morgan fingerprint density at radius 3 is 1.79 bits per heavy atom. The van der Waals surface area contributed by atoms with Gasteiger partial charge in [0.05, 0.1) is 50.8 Å². The second-order valence-electron chi connectivity index (χ2n) is 34.6. The van der Waals surface area contributed by atoms with Gasteiger partial charge in [-0.25, -0.2) is 0 Å². The van der Waals surface area contributed by atoms with Crippen molar-refractivity contribution >= 4 is 18.4 Å². The normalized spacial score (nSPS) is 50.8. The summed E-state index contributed by atoms with van der Waals surface area (Å²) in [5.41, 5.74) is -2.28. The van der Waals surface area contributed by atoms with E-state index in [0.29, 0.717) is 32.3 Å². The Morgan fingerprint density at radius 2 is 1.17 bits per heavy atom. The fourth-order valence-electron chi connectivity index (χ4n) is 20.2. The van der Waals surface area contributed by atoms with Gasteiger partial charge in [0.25, 0.3) is 0 Å². The predicted molar refractivity (Wildman–Crippen MR) is 364 cm³/mol. The van der Waals surface area contributed by atoms with Gasteiger partial charge >= 0.3 is 5.97 Å². The Balaban J connectivity index is 0.000000461. The summed E-state index contributed by atoms with van der Waals surface area (Å²) >= 11 is 0. The van der Waals surface area contributed by atoms with Gasteiger partial charge in [0.15, 0.2) is 43.3 Å². The van der Waals surface area contributed by atoms with Crippen LogP contribution in [0.5, 0.6) is 0 Å². The van der Waals surface area contributed by atoms with Crippen LogP contribution in [0.15, 0.2) is 11.6 Å². The highest BCUT2D eigenvalue weighted by atomic mass is 35.5. The summed E-state index contributed by atoms with van der Waals surface area (Å²) in [6.07, 6.45) is -31.4. The van der Waals surface area contributed by atoms with Gasteiger partial charge in [-0.15, -0.1) is 12.4 Å². The standard InChI is InChI=1S/C58H94O25.C14H27NO6.ClH/c1-23-44(80-47-40(69)34(63)27(60)21-74-47)38(67)42(71)48(76-23)79-33-13-14-55(7)30(54(33,5)6)12-15-56(8)31(55)11-10-25-26-18-53(3,4)16-17-58(26,32(62)19-57(25,56)9)52(73)83-51-46(35(64)28(61)22-75-51)82-49-43(72)39(68)45(24(2)77-49)81-50-41(70)37(66)36(65)29(20-59)78-50;1-14(2)20-12-11(18-7-5-6-15(3)4)10(9(17)8-16)19-13(12)21-14;/h10,23-24,26-51,59-72H,11-22H2,1-9H3;9-13,16-17H,5-8H2,1-4H3;1H. The van der Waals surface area contributed by atoms with Crippen LogP contribution in [-0.4, -0.2) is 336 Å². The van der Waals surface area contributed by atoms with E-state index in [1.54, 1.807) is 6.92 Å². The molecular formula is C72H122ClNO31. The molecule has 0 spiro atoms. The van der Waals surface area contributed by atoms with E-state index in [-0.39, 0.29) is 72.6 Å². The maximum absolute atomic E-state index is 15.4. The third-order valence-electron chi connectivity index (χ3n) is 26.3. The van der Waals surface area contributed by atoms with Crippen molar-refractivity contribution in [1.29, 1.82) is 0 Å². The number of halogens is 1. The number of nitrogens with zero attached hydrogens (tertiary/aromatic N) is 1. The van der Waals surface area contributed by atoms with Crippen LogP contribution in [0.25, 0.3) is 0 Å². The lowest BCUT2D eigenvalue weighted by atomic mass is 9.33. The number of ether oxygens (including phenoxy) is 14. The molecular weight excluding hydrogens is 1410 g/mol. The zero-order chi connectivity index (χ0) is 76.2. The third kappa shape index (κ3) is 15.9. The molecule has 7 heterocycles. The molecule has 0 aromatic heterocycles. The van der Waals surface area contributed by atoms with Crippen LogP contribution in [0.2, 0.25) is 0 Å². The van der Waals surface area contributed by atoms with E-state index >= 15 is 4.79 Å². The minimum Gasteiger partial charge on any atom is -0.432 e. The average Bonchev–Trinajstić information content (AvgIpc) is 1.13. The van der Waals surface area contributed by atoms with E-state index in [2.05, 4.69) is 59.4 Å². The Morgan fingerprint density at radius 1 is 0.600 bits per heavy atom. The topological polar surface area (TPSA) is 473 Å². The third-order valence-corrected chi connectivity index (χ3v) is 26.3. The van der Waals surface area contributed by atoms with Gasteiger partial charge in [-0.1, -0.05) is 60.1 Å². The van der Waals surface area contributed by atoms with E-state index in [0.717, 1.165) is 37.8 Å². The molecule has 37 unspecified atom stereocenters. The van der Waals surface area contributed by atoms with Gasteiger partial charge in [-0.3, -0.25) is 4.79 Å². The number of rotatable bonds is 18. The quantitative estimate of drug-likeness (QED) is 0.0307. The Hall–Kier alpha value is -1.70. The van der Waals surface area contributed by atoms with Crippen molar-refractivity contribution in [2.24, 2.45) is 50.2 Å². The van der Waals surface area contributed by atoms with Gasteiger partial charge in [0.1, 0.15) is 121 Å². The van der Waals surface area contributed by atoms with Crippen molar-refractivity contribution in [3.8, 4) is 0 Å². The Labute approximate surface area is 619 Å². The number of hydrogen-bond acceptors (Lipinski definition) is 32. The number of fused-ring (bicyclic) bond motifs is 8. The number of hydrogen-bond donors (Lipinski definition) is 16.